The van der Waals surface area contributed by atoms with Crippen LogP contribution >= 0.6 is 0 Å². The number of hydrogen-bond donors (Lipinski definition) is 2. The maximum Gasteiger partial charge on any atom is 0.115 e. The van der Waals surface area contributed by atoms with E-state index in [1.807, 2.05) is 38.1 Å². The third-order valence-corrected chi connectivity index (χ3v) is 2.07. The number of hydrogen-bond acceptors (Lipinski definition) is 2. The van der Waals surface area contributed by atoms with Crippen LogP contribution in [0.4, 0.5) is 0 Å². The second kappa shape index (κ2) is 7.78. The topological polar surface area (TPSA) is 40.5 Å². The third kappa shape index (κ3) is 6.68. The number of phenols is 2. The van der Waals surface area contributed by atoms with Gasteiger partial charge in [0, 0.05) is 17.4 Å². The summed E-state index contributed by atoms with van der Waals surface area (Å²) >= 11 is 0. The summed E-state index contributed by atoms with van der Waals surface area (Å²) in [7, 11) is 0. The van der Waals surface area contributed by atoms with E-state index >= 15 is 0 Å². The van der Waals surface area contributed by atoms with Crippen LogP contribution in [0.15, 0.2) is 48.5 Å². The Morgan fingerprint density at radius 3 is 1.00 bits per heavy atom. The normalized spacial score (nSPS) is 8.59. The van der Waals surface area contributed by atoms with Crippen molar-refractivity contribution >= 4 is 0 Å². The number of aromatic hydroxyl groups is 2. The molecule has 0 heterocycles. The first-order valence-electron chi connectivity index (χ1n) is 5.09. The van der Waals surface area contributed by atoms with E-state index in [-0.39, 0.29) is 17.4 Å². The molecule has 0 bridgehead atoms. The first-order chi connectivity index (χ1) is 7.58. The molecule has 2 aromatic carbocycles. The van der Waals surface area contributed by atoms with E-state index < -0.39 is 0 Å². The van der Waals surface area contributed by atoms with Crippen molar-refractivity contribution < 1.29 is 27.6 Å². The molecular weight excluding hydrogens is 252 g/mol. The van der Waals surface area contributed by atoms with Crippen LogP contribution in [-0.2, 0) is 17.4 Å². The number of benzene rings is 2. The minimum absolute atomic E-state index is 0. The van der Waals surface area contributed by atoms with Crippen molar-refractivity contribution in [1.82, 2.24) is 0 Å². The molecule has 0 fully saturated rings. The number of rotatable bonds is 0. The Morgan fingerprint density at radius 1 is 0.588 bits per heavy atom. The SMILES string of the molecule is Cc1ccc(O)cc1.Cc1ccc(O)cc1.[Cr]. The maximum atomic E-state index is 8.76. The van der Waals surface area contributed by atoms with Crippen LogP contribution < -0.4 is 0 Å². The number of aryl methyl sites for hydroxylation is 2. The molecule has 0 saturated heterocycles. The van der Waals surface area contributed by atoms with E-state index in [1.54, 1.807) is 24.3 Å². The van der Waals surface area contributed by atoms with Crippen molar-refractivity contribution in [3.05, 3.63) is 59.7 Å². The van der Waals surface area contributed by atoms with Crippen LogP contribution in [0.1, 0.15) is 11.1 Å². The Kier molecular flexibility index (Phi) is 7.13. The van der Waals surface area contributed by atoms with E-state index in [2.05, 4.69) is 0 Å². The van der Waals surface area contributed by atoms with E-state index in [0.29, 0.717) is 11.5 Å². The van der Waals surface area contributed by atoms with Gasteiger partial charge in [0.2, 0.25) is 0 Å². The van der Waals surface area contributed by atoms with E-state index in [1.165, 1.54) is 11.1 Å². The molecule has 0 aliphatic carbocycles. The molecule has 0 atom stereocenters. The predicted octanol–water partition coefficient (Wildman–Crippen LogP) is 3.40. The van der Waals surface area contributed by atoms with Gasteiger partial charge in [-0.3, -0.25) is 0 Å². The molecule has 17 heavy (non-hydrogen) atoms. The minimum Gasteiger partial charge on any atom is -0.508 e. The number of phenolic OH excluding ortho intramolecular Hbond substituents is 2. The smallest absolute Gasteiger partial charge is 0.115 e. The monoisotopic (exact) mass is 268 g/mol. The Balaban J connectivity index is 0.000000284. The van der Waals surface area contributed by atoms with Gasteiger partial charge in [-0.05, 0) is 38.1 Å². The molecule has 3 heteroatoms. The largest absolute Gasteiger partial charge is 0.508 e. The van der Waals surface area contributed by atoms with Crippen molar-refractivity contribution in [2.24, 2.45) is 0 Å². The fraction of sp³-hybridized carbons (Fsp3) is 0.143. The summed E-state index contributed by atoms with van der Waals surface area (Å²) in [5, 5.41) is 17.5. The average Bonchev–Trinajstić information content (AvgIpc) is 2.28. The summed E-state index contributed by atoms with van der Waals surface area (Å²) in [6.07, 6.45) is 0. The fourth-order valence-corrected chi connectivity index (χ4v) is 1.09. The van der Waals surface area contributed by atoms with Gasteiger partial charge in [0.05, 0.1) is 0 Å². The first-order valence-corrected chi connectivity index (χ1v) is 5.09. The molecule has 0 spiro atoms. The Labute approximate surface area is 113 Å². The summed E-state index contributed by atoms with van der Waals surface area (Å²) in [6, 6.07) is 14.2. The van der Waals surface area contributed by atoms with Crippen molar-refractivity contribution in [2.75, 3.05) is 0 Å². The van der Waals surface area contributed by atoms with Crippen molar-refractivity contribution in [1.29, 1.82) is 0 Å². The van der Waals surface area contributed by atoms with Crippen LogP contribution in [0.2, 0.25) is 0 Å². The second-order valence-electron chi connectivity index (χ2n) is 3.67. The molecule has 0 unspecified atom stereocenters. The summed E-state index contributed by atoms with van der Waals surface area (Å²) in [5.41, 5.74) is 2.34. The van der Waals surface area contributed by atoms with Crippen molar-refractivity contribution in [3.8, 4) is 11.5 Å². The summed E-state index contributed by atoms with van der Waals surface area (Å²) < 4.78 is 0. The Bertz CT molecular complexity index is 335. The quantitative estimate of drug-likeness (QED) is 0.768. The second-order valence-corrected chi connectivity index (χ2v) is 3.67. The van der Waals surface area contributed by atoms with Crippen LogP contribution in [0, 0.1) is 13.8 Å². The zero-order chi connectivity index (χ0) is 12.0. The van der Waals surface area contributed by atoms with Crippen LogP contribution in [0.3, 0.4) is 0 Å². The van der Waals surface area contributed by atoms with Gasteiger partial charge in [-0.25, -0.2) is 0 Å². The van der Waals surface area contributed by atoms with Crippen LogP contribution in [0.25, 0.3) is 0 Å². The molecule has 2 aromatic rings. The van der Waals surface area contributed by atoms with Gasteiger partial charge < -0.3 is 10.2 Å². The molecule has 0 aliphatic rings. The van der Waals surface area contributed by atoms with Crippen LogP contribution in [-0.4, -0.2) is 10.2 Å². The average molecular weight is 268 g/mol. The fourth-order valence-electron chi connectivity index (χ4n) is 1.09. The van der Waals surface area contributed by atoms with E-state index in [0.717, 1.165) is 0 Å². The van der Waals surface area contributed by atoms with E-state index in [4.69, 9.17) is 10.2 Å². The Hall–Kier alpha value is -1.43. The van der Waals surface area contributed by atoms with Gasteiger partial charge in [-0.2, -0.15) is 0 Å². The summed E-state index contributed by atoms with van der Waals surface area (Å²) in [4.78, 5) is 0. The van der Waals surface area contributed by atoms with Gasteiger partial charge in [-0.1, -0.05) is 35.4 Å². The summed E-state index contributed by atoms with van der Waals surface area (Å²) in [6.45, 7) is 3.97. The van der Waals surface area contributed by atoms with Gasteiger partial charge >= 0.3 is 0 Å². The molecule has 0 radical (unpaired) electrons. The Morgan fingerprint density at radius 2 is 0.824 bits per heavy atom. The van der Waals surface area contributed by atoms with Gasteiger partial charge in [0.15, 0.2) is 0 Å². The minimum atomic E-state index is 0. The van der Waals surface area contributed by atoms with E-state index in [9.17, 15) is 0 Å². The first kappa shape index (κ1) is 15.6. The summed E-state index contributed by atoms with van der Waals surface area (Å²) in [5.74, 6) is 0.659. The molecular formula is C14H16CrO2. The maximum absolute atomic E-state index is 8.76. The molecule has 90 valence electrons. The van der Waals surface area contributed by atoms with Gasteiger partial charge in [0.1, 0.15) is 11.5 Å². The molecule has 0 aromatic heterocycles. The molecule has 2 rings (SSSR count). The zero-order valence-corrected chi connectivity index (χ0v) is 11.2. The molecule has 0 saturated carbocycles. The third-order valence-electron chi connectivity index (χ3n) is 2.07. The molecule has 2 nitrogen and oxygen atoms in total. The standard InChI is InChI=1S/2C7H8O.Cr/c2*1-6-2-4-7(8)5-3-6;/h2*2-5,8H,1H3;. The zero-order valence-electron chi connectivity index (χ0n) is 9.92. The molecule has 2 N–H and O–H groups in total. The van der Waals surface area contributed by atoms with Gasteiger partial charge in [0.25, 0.3) is 0 Å². The van der Waals surface area contributed by atoms with Gasteiger partial charge in [-0.15, -0.1) is 0 Å². The van der Waals surface area contributed by atoms with Crippen molar-refractivity contribution in [2.45, 2.75) is 13.8 Å². The molecule has 0 amide bonds. The predicted molar refractivity (Wildman–Crippen MR) is 65.7 cm³/mol. The molecule has 0 aliphatic heterocycles. The van der Waals surface area contributed by atoms with Crippen molar-refractivity contribution in [3.63, 3.8) is 0 Å². The van der Waals surface area contributed by atoms with Crippen LogP contribution in [0.5, 0.6) is 11.5 Å².